The van der Waals surface area contributed by atoms with Crippen molar-refractivity contribution in [1.82, 2.24) is 0 Å². The van der Waals surface area contributed by atoms with E-state index in [1.807, 2.05) is 0 Å². The molecule has 0 aliphatic heterocycles. The van der Waals surface area contributed by atoms with Crippen LogP contribution in [0.15, 0.2) is 198 Å². The zero-order valence-electron chi connectivity index (χ0n) is 62.8. The number of halogens is 24. The maximum Gasteiger partial charge on any atom is 0.200 e. The van der Waals surface area contributed by atoms with Crippen molar-refractivity contribution < 1.29 is 124 Å². The van der Waals surface area contributed by atoms with Crippen LogP contribution < -0.4 is 62.6 Å². The fourth-order valence-corrected chi connectivity index (χ4v) is 14.4. The van der Waals surface area contributed by atoms with Crippen LogP contribution in [0.3, 0.4) is 0 Å². The van der Waals surface area contributed by atoms with Gasteiger partial charge in [-0.15, -0.1) is 21.9 Å². The first kappa shape index (κ1) is 89.0. The molecule has 0 heterocycles. The van der Waals surface area contributed by atoms with Gasteiger partial charge in [-0.1, -0.05) is 247 Å². The van der Waals surface area contributed by atoms with E-state index in [0.717, 1.165) is 72.8 Å². The highest BCUT2D eigenvalue weighted by Crippen LogP contribution is 2.39. The molecular weight excluding hydrogens is 1650 g/mol. The molecule has 0 fully saturated rings. The van der Waals surface area contributed by atoms with Gasteiger partial charge in [0.05, 0.1) is 0 Å². The lowest BCUT2D eigenvalue weighted by Crippen LogP contribution is -2.81. The smallest absolute Gasteiger partial charge is 0.200 e. The van der Waals surface area contributed by atoms with Gasteiger partial charge in [0.1, 0.15) is 132 Å². The molecule has 0 aliphatic rings. The van der Waals surface area contributed by atoms with Crippen molar-refractivity contribution >= 4 is 105 Å². The molecule has 0 amide bonds. The lowest BCUT2D eigenvalue weighted by molar-refractivity contribution is 0.261. The Bertz CT molecular complexity index is 5290. The molecule has 0 unspecified atom stereocenters. The van der Waals surface area contributed by atoms with Gasteiger partial charge < -0.3 is 18.9 Å². The first-order valence-corrected chi connectivity index (χ1v) is 35.7. The second kappa shape index (κ2) is 36.4. The SMILES string of the molecule is C=Cc1c(F)cc([B-](c2cc(F)c(C=C)c(F)c2)(c2cc(F)c(C=C)c(F)c2)c2cc(F)c(C=C)c(F)c2)cc1F.C=Cc1ccc(COc2c(F)c(F)c([B-](c3c(F)c(F)c(OCc4ccc(C=C)cc4)c(F)c3F)(c3c(F)c(F)c(OCc4ccc(C=C)cc4)c(F)c3F)c3c(F)c(F)c(OCc4ccc(C=C)cc4)c(F)c3F)c(F)c2F)cc1. The zero-order chi connectivity index (χ0) is 89.0. The van der Waals surface area contributed by atoms with Gasteiger partial charge >= 0.3 is 0 Å². The summed E-state index contributed by atoms with van der Waals surface area (Å²) in [5.41, 5.74) is -15.1. The summed E-state index contributed by atoms with van der Waals surface area (Å²) in [5, 5.41) is 0. The Morgan fingerprint density at radius 1 is 0.197 bits per heavy atom. The third-order valence-corrected chi connectivity index (χ3v) is 20.4. The molecule has 4 nitrogen and oxygen atoms in total. The lowest BCUT2D eigenvalue weighted by Gasteiger charge is -2.45. The number of rotatable bonds is 28. The average molecular weight is 1700 g/mol. The van der Waals surface area contributed by atoms with Crippen molar-refractivity contribution in [2.24, 2.45) is 0 Å². The van der Waals surface area contributed by atoms with E-state index in [2.05, 4.69) is 52.6 Å². The Labute approximate surface area is 680 Å². The third-order valence-electron chi connectivity index (χ3n) is 20.4. The average Bonchev–Trinajstić information content (AvgIpc) is 0.679. The van der Waals surface area contributed by atoms with E-state index in [1.54, 1.807) is 0 Å². The van der Waals surface area contributed by atoms with E-state index in [0.29, 0.717) is 22.3 Å². The lowest BCUT2D eigenvalue weighted by atomic mass is 9.12. The number of ether oxygens (including phenoxy) is 4. The first-order valence-electron chi connectivity index (χ1n) is 35.7. The predicted molar refractivity (Wildman–Crippen MR) is 423 cm³/mol. The van der Waals surface area contributed by atoms with Crippen LogP contribution in [-0.2, 0) is 26.4 Å². The molecule has 12 aromatic carbocycles. The summed E-state index contributed by atoms with van der Waals surface area (Å²) >= 11 is 0. The summed E-state index contributed by atoms with van der Waals surface area (Å²) < 4.78 is 417. The summed E-state index contributed by atoms with van der Waals surface area (Å²) in [6.45, 7) is 23.4. The minimum Gasteiger partial charge on any atom is -0.483 e. The van der Waals surface area contributed by atoms with Gasteiger partial charge in [-0.2, -0.15) is 57.0 Å². The third kappa shape index (κ3) is 16.1. The van der Waals surface area contributed by atoms with Crippen molar-refractivity contribution in [1.29, 1.82) is 0 Å². The van der Waals surface area contributed by atoms with Gasteiger partial charge in [0.15, 0.2) is 23.0 Å². The molecule has 0 spiro atoms. The molecule has 0 bridgehead atoms. The second-order valence-electron chi connectivity index (χ2n) is 27.1. The van der Waals surface area contributed by atoms with Crippen molar-refractivity contribution in [3.05, 3.63) is 405 Å². The Morgan fingerprint density at radius 3 is 0.475 bits per heavy atom. The Morgan fingerprint density at radius 2 is 0.344 bits per heavy atom. The molecule has 0 atom stereocenters. The molecule has 0 aromatic heterocycles. The van der Waals surface area contributed by atoms with Crippen LogP contribution in [0.5, 0.6) is 23.0 Å². The maximum absolute atomic E-state index is 17.6. The molecule has 30 heteroatoms. The van der Waals surface area contributed by atoms with Crippen LogP contribution in [0, 0.1) is 140 Å². The molecule has 0 radical (unpaired) electrons. The molecule has 12 rings (SSSR count). The standard InChI is InChI=1S/C60H36BF16O4.C32H20BF8/c1-5-29-9-17-33(18-10-29)25-78-57-49(70)41(62)37(42(63)50(57)71)61(38-43(64)51(72)58(52(73)44(38)65)79-26-34-19-11-30(6-2)12-20-34,39-45(66)53(74)59(54(75)46(39)67)80-27-35-21-13-31(7-3)14-22-35)40-47(68)55(76)60(56(77)48(40)69)81-28-36-23-15-32(8-4)16-24-36;1-5-21-25(34)9-17(10-26(21)35)33(18-11-27(36)22(6-2)28(37)12-18,19-13-29(38)23(7-3)30(39)14-19)20-15-31(40)24(8-4)32(41)16-20/h5-24H,1-4,25-28H2;5-16H,1-4H2/q2*-1. The monoisotopic (exact) mass is 1700 g/mol. The summed E-state index contributed by atoms with van der Waals surface area (Å²) in [4.78, 5) is 0. The molecule has 624 valence electrons. The van der Waals surface area contributed by atoms with E-state index < -0.39 is 267 Å². The van der Waals surface area contributed by atoms with Crippen molar-refractivity contribution in [2.45, 2.75) is 26.4 Å². The van der Waals surface area contributed by atoms with Crippen LogP contribution in [0.25, 0.3) is 48.6 Å². The van der Waals surface area contributed by atoms with Gasteiger partial charge in [0, 0.05) is 22.3 Å². The normalized spacial score (nSPS) is 11.3. The van der Waals surface area contributed by atoms with E-state index in [-0.39, 0.29) is 22.3 Å². The largest absolute Gasteiger partial charge is 0.483 e. The molecule has 12 aromatic rings. The second-order valence-corrected chi connectivity index (χ2v) is 27.1. The summed E-state index contributed by atoms with van der Waals surface area (Å²) in [5.74, 6) is -68.3. The summed E-state index contributed by atoms with van der Waals surface area (Å²) in [6, 6.07) is 26.9. The minimum atomic E-state index is -7.08. The highest BCUT2D eigenvalue weighted by molar-refractivity contribution is 7.20. The molecule has 0 saturated heterocycles. The summed E-state index contributed by atoms with van der Waals surface area (Å²) in [6.07, 6.45) is -1.66. The van der Waals surface area contributed by atoms with Crippen molar-refractivity contribution in [2.75, 3.05) is 0 Å². The maximum atomic E-state index is 17.6. The van der Waals surface area contributed by atoms with E-state index >= 15 is 105 Å². The first-order chi connectivity index (χ1) is 58.1. The predicted octanol–water partition coefficient (Wildman–Crippen LogP) is 20.9. The molecule has 0 aliphatic carbocycles. The Kier molecular flexibility index (Phi) is 26.6. The highest BCUT2D eigenvalue weighted by Gasteiger charge is 2.53. The quantitative estimate of drug-likeness (QED) is 0.0278. The Hall–Kier alpha value is -13.8. The van der Waals surface area contributed by atoms with Crippen LogP contribution in [0.2, 0.25) is 0 Å². The van der Waals surface area contributed by atoms with Crippen LogP contribution in [0.4, 0.5) is 105 Å². The minimum absolute atomic E-state index is 0.0219. The van der Waals surface area contributed by atoms with E-state index in [9.17, 15) is 0 Å². The van der Waals surface area contributed by atoms with Gasteiger partial charge in [0.25, 0.3) is 0 Å². The highest BCUT2D eigenvalue weighted by atomic mass is 19.2. The molecular formula is C92H56B2F24O4-2. The number of hydrogen-bond donors (Lipinski definition) is 0. The number of hydrogen-bond acceptors (Lipinski definition) is 4. The zero-order valence-corrected chi connectivity index (χ0v) is 62.8. The fraction of sp³-hybridized carbons (Fsp3) is 0.0435. The van der Waals surface area contributed by atoms with Crippen molar-refractivity contribution in [3.8, 4) is 23.0 Å². The van der Waals surface area contributed by atoms with Crippen LogP contribution in [-0.4, -0.2) is 12.3 Å². The van der Waals surface area contributed by atoms with Gasteiger partial charge in [-0.3, -0.25) is 0 Å². The van der Waals surface area contributed by atoms with E-state index in [4.69, 9.17) is 18.9 Å². The van der Waals surface area contributed by atoms with Crippen LogP contribution >= 0.6 is 0 Å². The van der Waals surface area contributed by atoms with Gasteiger partial charge in [-0.05, 0) is 44.5 Å². The van der Waals surface area contributed by atoms with Crippen LogP contribution in [0.1, 0.15) is 66.8 Å². The summed E-state index contributed by atoms with van der Waals surface area (Å²) in [7, 11) is 0. The number of benzene rings is 12. The molecule has 0 saturated carbocycles. The topological polar surface area (TPSA) is 36.9 Å². The Balaban J connectivity index is 0.000000296. The molecule has 122 heavy (non-hydrogen) atoms. The van der Waals surface area contributed by atoms with Gasteiger partial charge in [-0.25, -0.2) is 70.2 Å². The van der Waals surface area contributed by atoms with Gasteiger partial charge in [0.2, 0.25) is 46.5 Å². The van der Waals surface area contributed by atoms with E-state index in [1.165, 1.54) is 121 Å². The molecule has 0 N–H and O–H groups in total. The fourth-order valence-electron chi connectivity index (χ4n) is 14.4. The van der Waals surface area contributed by atoms with Crippen molar-refractivity contribution in [3.63, 3.8) is 0 Å².